The number of pyridine rings is 1. The Morgan fingerprint density at radius 1 is 1.11 bits per heavy atom. The summed E-state index contributed by atoms with van der Waals surface area (Å²) in [6.07, 6.45) is 2.56. The van der Waals surface area contributed by atoms with Gasteiger partial charge < -0.3 is 20.6 Å². The molecule has 3 aromatic heterocycles. The van der Waals surface area contributed by atoms with E-state index in [0.717, 1.165) is 0 Å². The summed E-state index contributed by atoms with van der Waals surface area (Å²) in [6, 6.07) is 9.16. The van der Waals surface area contributed by atoms with Gasteiger partial charge in [-0.05, 0) is 76.6 Å². The van der Waals surface area contributed by atoms with Crippen LogP contribution in [-0.4, -0.2) is 79.8 Å². The molecule has 7 rings (SSSR count). The number of nitriles is 1. The third-order valence-corrected chi connectivity index (χ3v) is 9.90. The number of fused-ring (bicyclic) bond motifs is 4. The summed E-state index contributed by atoms with van der Waals surface area (Å²) in [5.41, 5.74) is 0.373. The molecule has 45 heavy (non-hydrogen) atoms. The van der Waals surface area contributed by atoms with Gasteiger partial charge in [-0.15, -0.1) is 0 Å². The molecule has 3 aliphatic carbocycles. The number of carbonyl (C=O) groups excluding carboxylic acids is 2. The highest BCUT2D eigenvalue weighted by molar-refractivity contribution is 6.00. The van der Waals surface area contributed by atoms with Crippen molar-refractivity contribution < 1.29 is 27.9 Å². The molecule has 3 N–H and O–H groups in total. The van der Waals surface area contributed by atoms with Gasteiger partial charge in [0, 0.05) is 30.2 Å². The van der Waals surface area contributed by atoms with Crippen LogP contribution in [0, 0.1) is 22.7 Å². The molecule has 3 saturated carbocycles. The number of nitrogens with one attached hydrogen (secondary N) is 2. The zero-order valence-electron chi connectivity index (χ0n) is 25.2. The van der Waals surface area contributed by atoms with Crippen molar-refractivity contribution >= 4 is 23.0 Å². The number of aromatic nitrogens is 3. The van der Waals surface area contributed by atoms with Crippen LogP contribution in [0.5, 0.6) is 0 Å². The van der Waals surface area contributed by atoms with E-state index in [0.29, 0.717) is 66.7 Å². The lowest BCUT2D eigenvalue weighted by Gasteiger charge is -2.55. The average molecular weight is 624 g/mol. The van der Waals surface area contributed by atoms with Crippen molar-refractivity contribution in [3.8, 4) is 17.5 Å². The second-order valence-corrected chi connectivity index (χ2v) is 13.3. The number of aliphatic hydroxyl groups is 1. The minimum atomic E-state index is -2.42. The third kappa shape index (κ3) is 5.72. The van der Waals surface area contributed by atoms with Crippen LogP contribution < -0.4 is 10.6 Å². The quantitative estimate of drug-likeness (QED) is 0.323. The summed E-state index contributed by atoms with van der Waals surface area (Å²) >= 11 is 0. The summed E-state index contributed by atoms with van der Waals surface area (Å²) in [7, 11) is 0. The molecule has 0 spiro atoms. The highest BCUT2D eigenvalue weighted by Gasteiger charge is 2.55. The fourth-order valence-electron chi connectivity index (χ4n) is 6.81. The molecule has 1 saturated heterocycles. The van der Waals surface area contributed by atoms with Gasteiger partial charge in [0.25, 0.3) is 5.91 Å². The maximum atomic E-state index is 14.5. The average Bonchev–Trinajstić information content (AvgIpc) is 3.42. The molecule has 1 aliphatic heterocycles. The molecule has 0 aromatic carbocycles. The van der Waals surface area contributed by atoms with Crippen molar-refractivity contribution in [2.45, 2.75) is 76.1 Å². The molecule has 4 heterocycles. The van der Waals surface area contributed by atoms with E-state index in [1.165, 1.54) is 26.2 Å². The van der Waals surface area contributed by atoms with Gasteiger partial charge in [0.15, 0.2) is 0 Å². The lowest BCUT2D eigenvalue weighted by Crippen LogP contribution is -2.61. The van der Waals surface area contributed by atoms with Gasteiger partial charge in [-0.2, -0.15) is 10.4 Å². The van der Waals surface area contributed by atoms with Crippen LogP contribution in [0.4, 0.5) is 18.9 Å². The molecule has 2 amide bonds. The first kappa shape index (κ1) is 30.8. The number of anilines is 1. The Labute approximate surface area is 258 Å². The lowest BCUT2D eigenvalue weighted by molar-refractivity contribution is -0.159. The lowest BCUT2D eigenvalue weighted by atomic mass is 9.56. The van der Waals surface area contributed by atoms with Gasteiger partial charge in [-0.3, -0.25) is 14.6 Å². The third-order valence-electron chi connectivity index (χ3n) is 9.90. The predicted octanol–water partition coefficient (Wildman–Crippen LogP) is 4.34. The van der Waals surface area contributed by atoms with Crippen LogP contribution >= 0.6 is 0 Å². The minimum Gasteiger partial charge on any atom is -0.387 e. The molecule has 238 valence electrons. The van der Waals surface area contributed by atoms with Crippen molar-refractivity contribution in [1.29, 1.82) is 5.26 Å². The van der Waals surface area contributed by atoms with Gasteiger partial charge in [-0.25, -0.2) is 17.7 Å². The van der Waals surface area contributed by atoms with E-state index < -0.39 is 47.5 Å². The Bertz CT molecular complexity index is 1650. The van der Waals surface area contributed by atoms with Gasteiger partial charge in [0.1, 0.15) is 12.2 Å². The van der Waals surface area contributed by atoms with E-state index in [9.17, 15) is 33.1 Å². The first-order valence-electron chi connectivity index (χ1n) is 15.2. The van der Waals surface area contributed by atoms with Crippen LogP contribution in [0.1, 0.15) is 68.3 Å². The number of amides is 2. The Balaban J connectivity index is 1.26. The van der Waals surface area contributed by atoms with E-state index in [-0.39, 0.29) is 24.6 Å². The van der Waals surface area contributed by atoms with Crippen molar-refractivity contribution in [3.05, 3.63) is 47.8 Å². The smallest absolute Gasteiger partial charge is 0.255 e. The summed E-state index contributed by atoms with van der Waals surface area (Å²) in [5.74, 6) is -1.33. The zero-order chi connectivity index (χ0) is 32.1. The Hall–Kier alpha value is -4.18. The highest BCUT2D eigenvalue weighted by atomic mass is 19.3. The second kappa shape index (κ2) is 11.3. The van der Waals surface area contributed by atoms with E-state index in [1.807, 2.05) is 12.1 Å². The largest absolute Gasteiger partial charge is 0.387 e. The molecule has 1 unspecified atom stereocenters. The molecule has 0 radical (unpaired) electrons. The number of alkyl halides is 3. The summed E-state index contributed by atoms with van der Waals surface area (Å²) in [4.78, 5) is 32.8. The molecule has 13 heteroatoms. The molecular weight excluding hydrogens is 587 g/mol. The SMILES string of the molecule is CC(C)(O)C(F)CNC(=O)c1cnc(-c2ccc3cc(C#N)cnn23)cc1NC12CCC(C(=O)N3CC(C(F)F)C3)(CC1)CC2. The summed E-state index contributed by atoms with van der Waals surface area (Å²) < 4.78 is 42.2. The van der Waals surface area contributed by atoms with Crippen molar-refractivity contribution in [1.82, 2.24) is 24.8 Å². The number of likely N-dealkylation sites (tertiary alicyclic amines) is 1. The fourth-order valence-corrected chi connectivity index (χ4v) is 6.81. The molecule has 4 fully saturated rings. The molecular formula is C32H36F3N7O3. The maximum absolute atomic E-state index is 14.5. The number of nitrogens with zero attached hydrogens (tertiary/aromatic N) is 5. The van der Waals surface area contributed by atoms with E-state index in [4.69, 9.17) is 0 Å². The van der Waals surface area contributed by atoms with Crippen LogP contribution in [-0.2, 0) is 4.79 Å². The summed E-state index contributed by atoms with van der Waals surface area (Å²) in [5, 5.41) is 29.8. The van der Waals surface area contributed by atoms with Gasteiger partial charge >= 0.3 is 0 Å². The monoisotopic (exact) mass is 623 g/mol. The van der Waals surface area contributed by atoms with Crippen LogP contribution in [0.25, 0.3) is 16.9 Å². The van der Waals surface area contributed by atoms with Crippen LogP contribution in [0.3, 0.4) is 0 Å². The number of rotatable bonds is 9. The Kier molecular flexibility index (Phi) is 7.75. The van der Waals surface area contributed by atoms with E-state index >= 15 is 0 Å². The molecule has 4 aliphatic rings. The molecule has 10 nitrogen and oxygen atoms in total. The summed E-state index contributed by atoms with van der Waals surface area (Å²) in [6.45, 7) is 2.48. The first-order chi connectivity index (χ1) is 21.3. The number of hydrogen-bond acceptors (Lipinski definition) is 7. The minimum absolute atomic E-state index is 0.0290. The molecule has 3 aromatic rings. The highest BCUT2D eigenvalue weighted by Crippen LogP contribution is 2.55. The fraction of sp³-hybridized carbons (Fsp3) is 0.531. The van der Waals surface area contributed by atoms with Gasteiger partial charge in [0.2, 0.25) is 12.3 Å². The maximum Gasteiger partial charge on any atom is 0.255 e. The number of halogens is 3. The van der Waals surface area contributed by atoms with Gasteiger partial charge in [-0.1, -0.05) is 0 Å². The Morgan fingerprint density at radius 3 is 2.42 bits per heavy atom. The van der Waals surface area contributed by atoms with Crippen LogP contribution in [0.2, 0.25) is 0 Å². The van der Waals surface area contributed by atoms with Crippen molar-refractivity contribution in [3.63, 3.8) is 0 Å². The number of hydrogen-bond donors (Lipinski definition) is 3. The van der Waals surface area contributed by atoms with Gasteiger partial charge in [0.05, 0.1) is 58.0 Å². The predicted molar refractivity (Wildman–Crippen MR) is 159 cm³/mol. The van der Waals surface area contributed by atoms with Crippen molar-refractivity contribution in [2.24, 2.45) is 11.3 Å². The Morgan fingerprint density at radius 2 is 1.80 bits per heavy atom. The zero-order valence-corrected chi connectivity index (χ0v) is 25.2. The molecule has 1 atom stereocenters. The second-order valence-electron chi connectivity index (χ2n) is 13.3. The van der Waals surface area contributed by atoms with Crippen LogP contribution in [0.15, 0.2) is 36.7 Å². The van der Waals surface area contributed by atoms with E-state index in [2.05, 4.69) is 26.8 Å². The van der Waals surface area contributed by atoms with E-state index in [1.54, 1.807) is 21.5 Å². The first-order valence-corrected chi connectivity index (χ1v) is 15.2. The standard InChI is InChI=1S/C32H36F3N7O3/c1-30(2,45)26(33)16-38-28(43)22-15-37-24(25-4-3-21-11-19(13-36)14-39-42(21)25)12-23(22)40-32-8-5-31(6-9-32,7-10-32)29(44)41-17-20(18-41)27(34)35/h3-4,11-12,14-15,20,26-27,45H,5-10,16-18H2,1-2H3,(H,37,40)(H,38,43). The number of carbonyl (C=O) groups is 2. The van der Waals surface area contributed by atoms with Crippen molar-refractivity contribution in [2.75, 3.05) is 25.0 Å². The topological polar surface area (TPSA) is 136 Å². The normalized spacial score (nSPS) is 23.9. The molecule has 2 bridgehead atoms.